The lowest BCUT2D eigenvalue weighted by atomic mass is 10.1. The molecule has 0 radical (unpaired) electrons. The number of benzene rings is 1. The number of carbonyl (C=O) groups is 2. The molecule has 9 heteroatoms. The van der Waals surface area contributed by atoms with Gasteiger partial charge in [0.25, 0.3) is 5.91 Å². The van der Waals surface area contributed by atoms with Gasteiger partial charge >= 0.3 is 5.97 Å². The van der Waals surface area contributed by atoms with E-state index in [4.69, 9.17) is 4.74 Å². The lowest BCUT2D eigenvalue weighted by molar-refractivity contribution is -0.124. The maximum atomic E-state index is 12.2. The first-order valence-electron chi connectivity index (χ1n) is 8.28. The highest BCUT2D eigenvalue weighted by Gasteiger charge is 2.20. The quantitative estimate of drug-likeness (QED) is 0.564. The Morgan fingerprint density at radius 1 is 1.19 bits per heavy atom. The second kappa shape index (κ2) is 10.0. The summed E-state index contributed by atoms with van der Waals surface area (Å²) in [6.07, 6.45) is 0.827. The van der Waals surface area contributed by atoms with Gasteiger partial charge in [0.05, 0.1) is 10.5 Å². The molecule has 0 saturated heterocycles. The van der Waals surface area contributed by atoms with E-state index >= 15 is 0 Å². The molecule has 146 valence electrons. The van der Waals surface area contributed by atoms with Gasteiger partial charge in [0.2, 0.25) is 10.0 Å². The van der Waals surface area contributed by atoms with Crippen LogP contribution in [0.2, 0.25) is 0 Å². The largest absolute Gasteiger partial charge is 0.452 e. The molecule has 0 aliphatic heterocycles. The number of esters is 1. The van der Waals surface area contributed by atoms with Gasteiger partial charge in [-0.2, -0.15) is 0 Å². The molecule has 0 fully saturated rings. The third-order valence-electron chi connectivity index (χ3n) is 3.24. The van der Waals surface area contributed by atoms with Crippen LogP contribution in [0.25, 0.3) is 0 Å². The van der Waals surface area contributed by atoms with Crippen LogP contribution in [0.15, 0.2) is 27.6 Å². The van der Waals surface area contributed by atoms with Crippen LogP contribution in [-0.4, -0.2) is 39.5 Å². The van der Waals surface area contributed by atoms with Crippen LogP contribution in [0.1, 0.15) is 44.5 Å². The zero-order valence-electron chi connectivity index (χ0n) is 15.3. The van der Waals surface area contributed by atoms with E-state index in [0.29, 0.717) is 16.9 Å². The number of nitrogens with one attached hydrogen (secondary N) is 2. The van der Waals surface area contributed by atoms with Gasteiger partial charge in [0, 0.05) is 17.1 Å². The van der Waals surface area contributed by atoms with Crippen molar-refractivity contribution in [3.05, 3.63) is 28.2 Å². The molecule has 0 heterocycles. The molecule has 1 amide bonds. The summed E-state index contributed by atoms with van der Waals surface area (Å²) < 4.78 is 32.3. The molecule has 26 heavy (non-hydrogen) atoms. The average molecular weight is 449 g/mol. The molecule has 7 nitrogen and oxygen atoms in total. The minimum atomic E-state index is -3.74. The number of amides is 1. The van der Waals surface area contributed by atoms with E-state index in [2.05, 4.69) is 26.0 Å². The number of sulfonamides is 1. The summed E-state index contributed by atoms with van der Waals surface area (Å²) in [5.41, 5.74) is 0.0339. The second-order valence-corrected chi connectivity index (χ2v) is 9.09. The highest BCUT2D eigenvalue weighted by molar-refractivity contribution is 9.10. The van der Waals surface area contributed by atoms with Crippen molar-refractivity contribution in [2.45, 2.75) is 45.1 Å². The maximum Gasteiger partial charge on any atom is 0.339 e. The highest BCUT2D eigenvalue weighted by atomic mass is 79.9. The average Bonchev–Trinajstić information content (AvgIpc) is 2.51. The lowest BCUT2D eigenvalue weighted by Crippen LogP contribution is -2.31. The summed E-state index contributed by atoms with van der Waals surface area (Å²) in [6.45, 7) is 7.56. The van der Waals surface area contributed by atoms with Crippen LogP contribution in [0.4, 0.5) is 0 Å². The number of halogens is 1. The van der Waals surface area contributed by atoms with E-state index in [1.807, 2.05) is 13.8 Å². The fourth-order valence-corrected chi connectivity index (χ4v) is 3.65. The molecule has 2 N–H and O–H groups in total. The Bertz CT molecular complexity index is 748. The predicted octanol–water partition coefficient (Wildman–Crippen LogP) is 2.45. The maximum absolute atomic E-state index is 12.2. The van der Waals surface area contributed by atoms with Gasteiger partial charge in [-0.3, -0.25) is 4.79 Å². The van der Waals surface area contributed by atoms with E-state index in [0.717, 1.165) is 6.42 Å². The number of rotatable bonds is 9. The molecule has 0 unspecified atom stereocenters. The van der Waals surface area contributed by atoms with E-state index in [9.17, 15) is 18.0 Å². The first-order valence-corrected chi connectivity index (χ1v) is 10.6. The Kier molecular flexibility index (Phi) is 8.72. The van der Waals surface area contributed by atoms with Crippen LogP contribution in [0, 0.1) is 5.92 Å². The zero-order valence-corrected chi connectivity index (χ0v) is 17.7. The zero-order chi connectivity index (χ0) is 19.9. The topological polar surface area (TPSA) is 102 Å². The first-order chi connectivity index (χ1) is 12.0. The molecule has 0 spiro atoms. The van der Waals surface area contributed by atoms with Gasteiger partial charge < -0.3 is 10.1 Å². The Balaban J connectivity index is 2.77. The van der Waals surface area contributed by atoms with E-state index in [-0.39, 0.29) is 16.5 Å². The monoisotopic (exact) mass is 448 g/mol. The molecule has 1 rings (SSSR count). The second-order valence-electron chi connectivity index (χ2n) is 6.53. The summed E-state index contributed by atoms with van der Waals surface area (Å²) in [7, 11) is -3.74. The fraction of sp³-hybridized carbons (Fsp3) is 0.529. The van der Waals surface area contributed by atoms with Crippen molar-refractivity contribution in [3.8, 4) is 0 Å². The molecule has 0 aromatic heterocycles. The summed E-state index contributed by atoms with van der Waals surface area (Å²) in [4.78, 5) is 23.8. The normalized spacial score (nSPS) is 11.7. The molecular formula is C17H25BrN2O5S. The summed E-state index contributed by atoms with van der Waals surface area (Å²) in [5.74, 6) is -0.726. The van der Waals surface area contributed by atoms with Gasteiger partial charge in [-0.05, 0) is 60.3 Å². The Morgan fingerprint density at radius 2 is 1.85 bits per heavy atom. The summed E-state index contributed by atoms with van der Waals surface area (Å²) in [6, 6.07) is 3.76. The molecule has 0 saturated carbocycles. The van der Waals surface area contributed by atoms with E-state index in [1.54, 1.807) is 13.8 Å². The van der Waals surface area contributed by atoms with E-state index < -0.39 is 28.5 Å². The summed E-state index contributed by atoms with van der Waals surface area (Å²) >= 11 is 3.20. The minimum absolute atomic E-state index is 0.0339. The fourth-order valence-electron chi connectivity index (χ4n) is 1.97. The van der Waals surface area contributed by atoms with Gasteiger partial charge in [-0.15, -0.1) is 0 Å². The predicted molar refractivity (Wildman–Crippen MR) is 102 cm³/mol. The van der Waals surface area contributed by atoms with Crippen molar-refractivity contribution >= 4 is 37.8 Å². The third kappa shape index (κ3) is 7.43. The summed E-state index contributed by atoms with van der Waals surface area (Å²) in [5, 5.41) is 2.66. The first kappa shape index (κ1) is 22.6. The number of hydrogen-bond donors (Lipinski definition) is 2. The Labute approximate surface area is 163 Å². The van der Waals surface area contributed by atoms with Crippen LogP contribution >= 0.6 is 15.9 Å². The van der Waals surface area contributed by atoms with Gasteiger partial charge in [0.15, 0.2) is 6.61 Å². The molecule has 0 atom stereocenters. The smallest absolute Gasteiger partial charge is 0.339 e. The van der Waals surface area contributed by atoms with Crippen molar-refractivity contribution < 1.29 is 22.7 Å². The van der Waals surface area contributed by atoms with Gasteiger partial charge in [-0.25, -0.2) is 17.9 Å². The van der Waals surface area contributed by atoms with Crippen molar-refractivity contribution in [1.82, 2.24) is 10.0 Å². The number of ether oxygens (including phenoxy) is 1. The standard InChI is InChI=1S/C17H25BrN2O5S/c1-11(2)7-8-19-16(21)10-25-17(22)14-9-13(5-6-15(14)18)26(23,24)20-12(3)4/h5-6,9,11-12,20H,7-8,10H2,1-4H3,(H,19,21). The highest BCUT2D eigenvalue weighted by Crippen LogP contribution is 2.22. The number of carbonyl (C=O) groups excluding carboxylic acids is 2. The van der Waals surface area contributed by atoms with Crippen molar-refractivity contribution in [3.63, 3.8) is 0 Å². The Hall–Kier alpha value is -1.45. The molecule has 1 aromatic carbocycles. The number of hydrogen-bond acceptors (Lipinski definition) is 5. The molecule has 0 bridgehead atoms. The van der Waals surface area contributed by atoms with Crippen LogP contribution < -0.4 is 10.0 Å². The van der Waals surface area contributed by atoms with E-state index in [1.165, 1.54) is 18.2 Å². The molecular weight excluding hydrogens is 424 g/mol. The van der Waals surface area contributed by atoms with Crippen molar-refractivity contribution in [2.75, 3.05) is 13.2 Å². The third-order valence-corrected chi connectivity index (χ3v) is 5.58. The molecule has 0 aliphatic carbocycles. The van der Waals surface area contributed by atoms with Crippen LogP contribution in [0.5, 0.6) is 0 Å². The van der Waals surface area contributed by atoms with Crippen molar-refractivity contribution in [1.29, 1.82) is 0 Å². The molecule has 0 aliphatic rings. The van der Waals surface area contributed by atoms with Gasteiger partial charge in [-0.1, -0.05) is 13.8 Å². The van der Waals surface area contributed by atoms with Crippen molar-refractivity contribution in [2.24, 2.45) is 5.92 Å². The Morgan fingerprint density at radius 3 is 2.42 bits per heavy atom. The van der Waals surface area contributed by atoms with Crippen LogP contribution in [0.3, 0.4) is 0 Å². The van der Waals surface area contributed by atoms with Crippen LogP contribution in [-0.2, 0) is 19.6 Å². The SMILES string of the molecule is CC(C)CCNC(=O)COC(=O)c1cc(S(=O)(=O)NC(C)C)ccc1Br. The lowest BCUT2D eigenvalue weighted by Gasteiger charge is -2.12. The minimum Gasteiger partial charge on any atom is -0.452 e. The molecule has 1 aromatic rings. The van der Waals surface area contributed by atoms with Gasteiger partial charge in [0.1, 0.15) is 0 Å².